The lowest BCUT2D eigenvalue weighted by molar-refractivity contribution is -0.115. The molecule has 0 radical (unpaired) electrons. The van der Waals surface area contributed by atoms with Crippen LogP contribution in [0.25, 0.3) is 10.8 Å². The highest BCUT2D eigenvalue weighted by Gasteiger charge is 2.16. The molecule has 3 rings (SSSR count). The molecule has 5 nitrogen and oxygen atoms in total. The molecule has 3 heterocycles. The van der Waals surface area contributed by atoms with E-state index in [1.54, 1.807) is 12.3 Å². The summed E-state index contributed by atoms with van der Waals surface area (Å²) in [6, 6.07) is 5.78. The average molecular weight is 343 g/mol. The first kappa shape index (κ1) is 15.5. The van der Waals surface area contributed by atoms with Crippen LogP contribution in [0.1, 0.15) is 21.7 Å². The lowest BCUT2D eigenvalue weighted by Crippen LogP contribution is -2.14. The molecule has 1 N–H and O–H groups in total. The van der Waals surface area contributed by atoms with Gasteiger partial charge in [0.25, 0.3) is 0 Å². The summed E-state index contributed by atoms with van der Waals surface area (Å²) in [5.41, 5.74) is 2.14. The van der Waals surface area contributed by atoms with Gasteiger partial charge in [-0.1, -0.05) is 0 Å². The van der Waals surface area contributed by atoms with E-state index < -0.39 is 0 Å². The van der Waals surface area contributed by atoms with Gasteiger partial charge in [-0.3, -0.25) is 4.79 Å². The van der Waals surface area contributed by atoms with Crippen LogP contribution in [-0.2, 0) is 11.2 Å². The molecule has 0 aliphatic carbocycles. The Bertz CT molecular complexity index is 885. The second-order valence-corrected chi connectivity index (χ2v) is 7.03. The summed E-state index contributed by atoms with van der Waals surface area (Å²) in [5.74, 6) is 0.511. The van der Waals surface area contributed by atoms with Gasteiger partial charge in [0.1, 0.15) is 11.1 Å². The first-order chi connectivity index (χ1) is 11.1. The maximum Gasteiger partial charge on any atom is 0.231 e. The van der Waals surface area contributed by atoms with Crippen LogP contribution in [0.3, 0.4) is 0 Å². The Labute approximate surface area is 141 Å². The normalized spacial score (nSPS) is 10.5. The smallest absolute Gasteiger partial charge is 0.231 e. The van der Waals surface area contributed by atoms with Crippen LogP contribution in [0.15, 0.2) is 28.2 Å². The van der Waals surface area contributed by atoms with Gasteiger partial charge in [0, 0.05) is 10.3 Å². The van der Waals surface area contributed by atoms with Crippen molar-refractivity contribution in [1.29, 1.82) is 5.26 Å². The number of hydrogen-bond donors (Lipinski definition) is 1. The van der Waals surface area contributed by atoms with Gasteiger partial charge in [-0.2, -0.15) is 5.26 Å². The predicted molar refractivity (Wildman–Crippen MR) is 90.7 cm³/mol. The van der Waals surface area contributed by atoms with Gasteiger partial charge in [-0.25, -0.2) is 4.98 Å². The zero-order valence-electron chi connectivity index (χ0n) is 12.5. The summed E-state index contributed by atoms with van der Waals surface area (Å²) in [7, 11) is 0. The highest BCUT2D eigenvalue weighted by atomic mass is 32.1. The van der Waals surface area contributed by atoms with E-state index in [-0.39, 0.29) is 12.3 Å². The fourth-order valence-electron chi connectivity index (χ4n) is 2.09. The Kier molecular flexibility index (Phi) is 4.28. The lowest BCUT2D eigenvalue weighted by Gasteiger charge is -2.01. The van der Waals surface area contributed by atoms with Crippen molar-refractivity contribution in [2.45, 2.75) is 20.3 Å². The number of hydrogen-bond acceptors (Lipinski definition) is 6. The van der Waals surface area contributed by atoms with Gasteiger partial charge >= 0.3 is 0 Å². The minimum Gasteiger partial charge on any atom is -0.462 e. The minimum atomic E-state index is -0.181. The predicted octanol–water partition coefficient (Wildman–Crippen LogP) is 4.13. The summed E-state index contributed by atoms with van der Waals surface area (Å²) >= 11 is 2.86. The first-order valence-electron chi connectivity index (χ1n) is 6.86. The van der Waals surface area contributed by atoms with Crippen LogP contribution in [0.2, 0.25) is 0 Å². The van der Waals surface area contributed by atoms with Crippen molar-refractivity contribution in [1.82, 2.24) is 4.98 Å². The Morgan fingerprint density at radius 3 is 3.00 bits per heavy atom. The number of rotatable bonds is 4. The van der Waals surface area contributed by atoms with Crippen LogP contribution < -0.4 is 5.32 Å². The van der Waals surface area contributed by atoms with Crippen molar-refractivity contribution < 1.29 is 9.21 Å². The number of nitrogens with zero attached hydrogens (tertiary/aromatic N) is 2. The van der Waals surface area contributed by atoms with Crippen molar-refractivity contribution in [2.75, 3.05) is 5.32 Å². The van der Waals surface area contributed by atoms with Crippen molar-refractivity contribution in [3.05, 3.63) is 45.5 Å². The zero-order valence-corrected chi connectivity index (χ0v) is 14.2. The van der Waals surface area contributed by atoms with E-state index in [0.717, 1.165) is 15.4 Å². The molecule has 0 aromatic carbocycles. The van der Waals surface area contributed by atoms with Crippen molar-refractivity contribution in [3.63, 3.8) is 0 Å². The Morgan fingerprint density at radius 2 is 2.30 bits per heavy atom. The highest BCUT2D eigenvalue weighted by Crippen LogP contribution is 2.31. The number of thiazole rings is 1. The number of anilines is 1. The topological polar surface area (TPSA) is 78.9 Å². The number of carbonyl (C=O) groups excluding carboxylic acids is 1. The van der Waals surface area contributed by atoms with Gasteiger partial charge in [0.15, 0.2) is 10.8 Å². The third kappa shape index (κ3) is 3.18. The number of carbonyl (C=O) groups is 1. The van der Waals surface area contributed by atoms with E-state index in [1.165, 1.54) is 22.7 Å². The molecule has 23 heavy (non-hydrogen) atoms. The van der Waals surface area contributed by atoms with Crippen molar-refractivity contribution in [2.24, 2.45) is 0 Å². The van der Waals surface area contributed by atoms with E-state index in [9.17, 15) is 10.1 Å². The summed E-state index contributed by atoms with van der Waals surface area (Å²) < 4.78 is 5.29. The van der Waals surface area contributed by atoms with E-state index in [2.05, 4.69) is 16.4 Å². The van der Waals surface area contributed by atoms with Gasteiger partial charge in [-0.05, 0) is 31.5 Å². The molecule has 0 bridgehead atoms. The monoisotopic (exact) mass is 343 g/mol. The largest absolute Gasteiger partial charge is 0.462 e. The number of amides is 1. The zero-order chi connectivity index (χ0) is 16.4. The molecule has 0 fully saturated rings. The number of furan rings is 1. The molecule has 0 atom stereocenters. The molecule has 7 heteroatoms. The molecular weight excluding hydrogens is 330 g/mol. The standard InChI is InChI=1S/C16H13N3O2S2/c1-9-10(2)23-15(12(9)7-17)19-14(20)6-11-8-22-16(18-11)13-4-3-5-21-13/h3-5,8H,6H2,1-2H3,(H,19,20). The fourth-order valence-corrected chi connectivity index (χ4v) is 3.90. The minimum absolute atomic E-state index is 0.165. The third-order valence-electron chi connectivity index (χ3n) is 3.38. The molecule has 3 aromatic rings. The first-order valence-corrected chi connectivity index (χ1v) is 8.56. The second kappa shape index (κ2) is 6.36. The Balaban J connectivity index is 1.71. The van der Waals surface area contributed by atoms with Crippen molar-refractivity contribution >= 4 is 33.6 Å². The van der Waals surface area contributed by atoms with E-state index >= 15 is 0 Å². The molecule has 3 aromatic heterocycles. The molecule has 0 aliphatic rings. The summed E-state index contributed by atoms with van der Waals surface area (Å²) in [6.45, 7) is 3.82. The molecule has 116 valence electrons. The third-order valence-corrected chi connectivity index (χ3v) is 5.40. The van der Waals surface area contributed by atoms with Crippen LogP contribution in [0.4, 0.5) is 5.00 Å². The van der Waals surface area contributed by atoms with Gasteiger partial charge in [0.05, 0.1) is 23.9 Å². The van der Waals surface area contributed by atoms with Gasteiger partial charge in [0.2, 0.25) is 5.91 Å². The van der Waals surface area contributed by atoms with E-state index in [0.29, 0.717) is 22.0 Å². The Hall–Kier alpha value is -2.43. The lowest BCUT2D eigenvalue weighted by atomic mass is 10.2. The molecule has 0 saturated heterocycles. The highest BCUT2D eigenvalue weighted by molar-refractivity contribution is 7.16. The average Bonchev–Trinajstić information content (AvgIpc) is 3.21. The number of nitriles is 1. The molecule has 1 amide bonds. The van der Waals surface area contributed by atoms with Crippen LogP contribution in [0, 0.1) is 25.2 Å². The van der Waals surface area contributed by atoms with Gasteiger partial charge in [-0.15, -0.1) is 22.7 Å². The molecule has 0 unspecified atom stereocenters. The maximum absolute atomic E-state index is 12.2. The SMILES string of the molecule is Cc1sc(NC(=O)Cc2csc(-c3ccco3)n2)c(C#N)c1C. The molecule has 0 spiro atoms. The Morgan fingerprint density at radius 1 is 1.48 bits per heavy atom. The molecule has 0 saturated carbocycles. The fraction of sp³-hybridized carbons (Fsp3) is 0.188. The number of thiophene rings is 1. The number of nitrogens with one attached hydrogen (secondary N) is 1. The summed E-state index contributed by atoms with van der Waals surface area (Å²) in [5, 5.41) is 15.2. The van der Waals surface area contributed by atoms with Crippen LogP contribution in [0.5, 0.6) is 0 Å². The van der Waals surface area contributed by atoms with Crippen molar-refractivity contribution in [3.8, 4) is 16.8 Å². The molecular formula is C16H13N3O2S2. The van der Waals surface area contributed by atoms with E-state index in [1.807, 2.05) is 25.3 Å². The second-order valence-electron chi connectivity index (χ2n) is 4.95. The van der Waals surface area contributed by atoms with Crippen LogP contribution >= 0.6 is 22.7 Å². The number of aromatic nitrogens is 1. The van der Waals surface area contributed by atoms with Crippen LogP contribution in [-0.4, -0.2) is 10.9 Å². The van der Waals surface area contributed by atoms with E-state index in [4.69, 9.17) is 4.42 Å². The van der Waals surface area contributed by atoms with Gasteiger partial charge < -0.3 is 9.73 Å². The summed E-state index contributed by atoms with van der Waals surface area (Å²) in [6.07, 6.45) is 1.76. The maximum atomic E-state index is 12.2. The number of aryl methyl sites for hydroxylation is 1. The molecule has 0 aliphatic heterocycles. The quantitative estimate of drug-likeness (QED) is 0.772. The summed E-state index contributed by atoms with van der Waals surface area (Å²) in [4.78, 5) is 17.6.